The minimum atomic E-state index is -4.27. The number of halogens is 2. The first-order valence-electron chi connectivity index (χ1n) is 12.6. The zero-order valence-electron chi connectivity index (χ0n) is 23.0. The summed E-state index contributed by atoms with van der Waals surface area (Å²) in [7, 11) is -2.73. The van der Waals surface area contributed by atoms with Crippen LogP contribution in [0.5, 0.6) is 5.75 Å². The molecule has 0 saturated carbocycles. The van der Waals surface area contributed by atoms with Crippen molar-refractivity contribution in [2.45, 2.75) is 51.2 Å². The Labute approximate surface area is 245 Å². The van der Waals surface area contributed by atoms with Crippen LogP contribution in [0.4, 0.5) is 5.69 Å². The number of anilines is 1. The van der Waals surface area contributed by atoms with E-state index in [-0.39, 0.29) is 39.1 Å². The zero-order valence-corrected chi connectivity index (χ0v) is 25.3. The topological polar surface area (TPSA) is 96.0 Å². The second-order valence-electron chi connectivity index (χ2n) is 9.61. The number of benzene rings is 3. The van der Waals surface area contributed by atoms with Crippen molar-refractivity contribution in [3.8, 4) is 5.75 Å². The summed E-state index contributed by atoms with van der Waals surface area (Å²) in [6.45, 7) is 6.47. The second kappa shape index (κ2) is 13.4. The Bertz CT molecular complexity index is 1460. The van der Waals surface area contributed by atoms with Crippen molar-refractivity contribution < 1.29 is 22.7 Å². The van der Waals surface area contributed by atoms with E-state index in [1.165, 1.54) is 36.3 Å². The molecule has 0 aromatic heterocycles. The maximum Gasteiger partial charge on any atom is 0.264 e. The second-order valence-corrected chi connectivity index (χ2v) is 12.3. The number of sulfonamides is 1. The molecule has 40 heavy (non-hydrogen) atoms. The monoisotopic (exact) mass is 605 g/mol. The number of aryl methyl sites for hydroxylation is 1. The highest BCUT2D eigenvalue weighted by atomic mass is 35.5. The van der Waals surface area contributed by atoms with E-state index < -0.39 is 28.5 Å². The third kappa shape index (κ3) is 7.47. The van der Waals surface area contributed by atoms with Gasteiger partial charge in [-0.25, -0.2) is 8.42 Å². The van der Waals surface area contributed by atoms with E-state index in [1.807, 2.05) is 20.8 Å². The molecule has 1 N–H and O–H groups in total. The van der Waals surface area contributed by atoms with Gasteiger partial charge in [0.05, 0.1) is 27.7 Å². The number of carbonyl (C=O) groups excluding carboxylic acids is 2. The van der Waals surface area contributed by atoms with Gasteiger partial charge in [0.2, 0.25) is 11.8 Å². The summed E-state index contributed by atoms with van der Waals surface area (Å²) < 4.78 is 34.1. The van der Waals surface area contributed by atoms with Gasteiger partial charge in [0, 0.05) is 12.6 Å². The Morgan fingerprint density at radius 1 is 0.975 bits per heavy atom. The number of methoxy groups -OCH3 is 1. The first-order chi connectivity index (χ1) is 18.8. The van der Waals surface area contributed by atoms with E-state index in [9.17, 15) is 18.0 Å². The van der Waals surface area contributed by atoms with E-state index in [4.69, 9.17) is 27.9 Å². The number of ether oxygens (including phenoxy) is 1. The van der Waals surface area contributed by atoms with E-state index in [0.717, 1.165) is 9.87 Å². The van der Waals surface area contributed by atoms with Crippen LogP contribution in [-0.4, -0.2) is 50.9 Å². The Balaban J connectivity index is 2.08. The quantitative estimate of drug-likeness (QED) is 0.313. The number of rotatable bonds is 11. The van der Waals surface area contributed by atoms with E-state index in [1.54, 1.807) is 49.4 Å². The Hall–Kier alpha value is -3.27. The highest BCUT2D eigenvalue weighted by Crippen LogP contribution is 2.35. The van der Waals surface area contributed by atoms with Crippen LogP contribution in [0, 0.1) is 6.92 Å². The molecule has 0 heterocycles. The van der Waals surface area contributed by atoms with Crippen LogP contribution < -0.4 is 14.4 Å². The van der Waals surface area contributed by atoms with Gasteiger partial charge in [-0.05, 0) is 69.7 Å². The van der Waals surface area contributed by atoms with Gasteiger partial charge < -0.3 is 15.0 Å². The lowest BCUT2D eigenvalue weighted by atomic mass is 10.1. The first-order valence-corrected chi connectivity index (χ1v) is 14.8. The van der Waals surface area contributed by atoms with Crippen LogP contribution in [0.25, 0.3) is 0 Å². The molecule has 0 saturated heterocycles. The molecule has 0 bridgehead atoms. The van der Waals surface area contributed by atoms with Gasteiger partial charge in [0.15, 0.2) is 0 Å². The number of nitrogens with one attached hydrogen (secondary N) is 1. The van der Waals surface area contributed by atoms with Gasteiger partial charge >= 0.3 is 0 Å². The highest BCUT2D eigenvalue weighted by Gasteiger charge is 2.33. The maximum absolute atomic E-state index is 14.0. The van der Waals surface area contributed by atoms with Crippen molar-refractivity contribution >= 4 is 50.7 Å². The fourth-order valence-electron chi connectivity index (χ4n) is 3.99. The predicted molar refractivity (Wildman–Crippen MR) is 158 cm³/mol. The molecule has 214 valence electrons. The lowest BCUT2D eigenvalue weighted by molar-refractivity contribution is -0.139. The van der Waals surface area contributed by atoms with Gasteiger partial charge in [-0.1, -0.05) is 59.1 Å². The summed E-state index contributed by atoms with van der Waals surface area (Å²) in [4.78, 5) is 28.3. The lowest BCUT2D eigenvalue weighted by Gasteiger charge is -2.32. The molecule has 2 amide bonds. The molecule has 11 heteroatoms. The third-order valence-corrected chi connectivity index (χ3v) is 8.76. The van der Waals surface area contributed by atoms with Crippen molar-refractivity contribution in [2.75, 3.05) is 18.0 Å². The molecule has 3 aromatic rings. The smallest absolute Gasteiger partial charge is 0.264 e. The van der Waals surface area contributed by atoms with Crippen molar-refractivity contribution in [1.82, 2.24) is 10.2 Å². The van der Waals surface area contributed by atoms with Gasteiger partial charge in [-0.2, -0.15) is 0 Å². The Morgan fingerprint density at radius 3 is 2.25 bits per heavy atom. The molecule has 0 unspecified atom stereocenters. The zero-order chi connectivity index (χ0) is 29.6. The third-order valence-electron chi connectivity index (χ3n) is 6.17. The largest absolute Gasteiger partial charge is 0.497 e. The molecule has 0 aliphatic rings. The lowest BCUT2D eigenvalue weighted by Crippen LogP contribution is -2.52. The minimum absolute atomic E-state index is 0.0161. The van der Waals surface area contributed by atoms with Gasteiger partial charge in [0.1, 0.15) is 18.3 Å². The fraction of sp³-hybridized carbons (Fsp3) is 0.310. The van der Waals surface area contributed by atoms with Crippen LogP contribution in [0.15, 0.2) is 71.6 Å². The van der Waals surface area contributed by atoms with Gasteiger partial charge in [-0.15, -0.1) is 0 Å². The number of carbonyl (C=O) groups is 2. The number of hydrogen-bond donors (Lipinski definition) is 1. The molecular weight excluding hydrogens is 573 g/mol. The number of nitrogens with zero attached hydrogens (tertiary/aromatic N) is 2. The van der Waals surface area contributed by atoms with Crippen molar-refractivity contribution in [3.63, 3.8) is 0 Å². The first kappa shape index (κ1) is 31.3. The van der Waals surface area contributed by atoms with E-state index in [0.29, 0.717) is 11.3 Å². The Kier molecular flexibility index (Phi) is 10.5. The summed E-state index contributed by atoms with van der Waals surface area (Å²) in [5.41, 5.74) is 1.62. The molecular formula is C29H33Cl2N3O5S. The van der Waals surface area contributed by atoms with Crippen LogP contribution in [-0.2, 0) is 26.2 Å². The molecule has 0 radical (unpaired) electrons. The predicted octanol–water partition coefficient (Wildman–Crippen LogP) is 5.45. The number of hydrogen-bond acceptors (Lipinski definition) is 5. The minimum Gasteiger partial charge on any atom is -0.497 e. The van der Waals surface area contributed by atoms with Crippen LogP contribution in [0.3, 0.4) is 0 Å². The molecule has 8 nitrogen and oxygen atoms in total. The standard InChI is InChI=1S/C29H33Cl2N3O5S/c1-19(2)32-29(36)21(4)33(17-22-8-6-9-23(16-22)39-5)27(35)18-34(26-11-7-10-25(30)28(26)31)40(37,38)24-14-12-20(3)13-15-24/h6-16,19,21H,17-18H2,1-5H3,(H,32,36)/t21-/m1/s1. The van der Waals surface area contributed by atoms with E-state index in [2.05, 4.69) is 5.32 Å². The molecule has 0 aliphatic heterocycles. The van der Waals surface area contributed by atoms with Crippen molar-refractivity contribution in [1.29, 1.82) is 0 Å². The van der Waals surface area contributed by atoms with E-state index >= 15 is 0 Å². The molecule has 0 spiro atoms. The average molecular weight is 607 g/mol. The highest BCUT2D eigenvalue weighted by molar-refractivity contribution is 7.92. The summed E-state index contributed by atoms with van der Waals surface area (Å²) in [6, 6.07) is 16.8. The van der Waals surface area contributed by atoms with Crippen molar-refractivity contribution in [3.05, 3.63) is 87.9 Å². The summed E-state index contributed by atoms with van der Waals surface area (Å²) in [5.74, 6) is -0.403. The molecule has 3 aromatic carbocycles. The summed E-state index contributed by atoms with van der Waals surface area (Å²) >= 11 is 12.7. The molecule has 0 aliphatic carbocycles. The van der Waals surface area contributed by atoms with Crippen molar-refractivity contribution in [2.24, 2.45) is 0 Å². The maximum atomic E-state index is 14.0. The summed E-state index contributed by atoms with van der Waals surface area (Å²) in [5, 5.41) is 2.94. The molecule has 0 fully saturated rings. The number of amides is 2. The Morgan fingerprint density at radius 2 is 1.62 bits per heavy atom. The van der Waals surface area contributed by atoms with Gasteiger partial charge in [-0.3, -0.25) is 13.9 Å². The fourth-order valence-corrected chi connectivity index (χ4v) is 5.86. The average Bonchev–Trinajstić information content (AvgIpc) is 2.91. The van der Waals surface area contributed by atoms with Crippen LogP contribution in [0.1, 0.15) is 31.9 Å². The van der Waals surface area contributed by atoms with Gasteiger partial charge in [0.25, 0.3) is 10.0 Å². The summed E-state index contributed by atoms with van der Waals surface area (Å²) in [6.07, 6.45) is 0. The molecule has 1 atom stereocenters. The SMILES string of the molecule is COc1cccc(CN(C(=O)CN(c2cccc(Cl)c2Cl)S(=O)(=O)c2ccc(C)cc2)[C@H](C)C(=O)NC(C)C)c1. The normalized spacial score (nSPS) is 12.1. The molecule has 3 rings (SSSR count). The van der Waals surface area contributed by atoms with Crippen LogP contribution >= 0.6 is 23.2 Å². The van der Waals surface area contributed by atoms with Crippen LogP contribution in [0.2, 0.25) is 10.0 Å².